The zero-order valence-corrected chi connectivity index (χ0v) is 9.59. The van der Waals surface area contributed by atoms with Crippen LogP contribution in [0.3, 0.4) is 0 Å². The number of phenols is 1. The highest BCUT2D eigenvalue weighted by atomic mass is 32.1. The molecule has 0 aliphatic heterocycles. The second-order valence-corrected chi connectivity index (χ2v) is 3.55. The zero-order chi connectivity index (χ0) is 11.4. The van der Waals surface area contributed by atoms with E-state index in [0.29, 0.717) is 0 Å². The monoisotopic (exact) mass is 218 g/mol. The molecule has 0 atom stereocenters. The Balaban J connectivity index is 3.35. The Morgan fingerprint density at radius 1 is 1.47 bits per heavy atom. The molecule has 1 nitrogen and oxygen atoms in total. The van der Waals surface area contributed by atoms with Gasteiger partial charge in [-0.15, -0.1) is 0 Å². The van der Waals surface area contributed by atoms with Gasteiger partial charge >= 0.3 is 0 Å². The van der Waals surface area contributed by atoms with E-state index in [-0.39, 0.29) is 5.75 Å². The number of thiol groups is 1. The van der Waals surface area contributed by atoms with Crippen molar-refractivity contribution < 1.29 is 5.11 Å². The Hall–Kier alpha value is -1.41. The molecule has 0 amide bonds. The molecule has 78 valence electrons. The van der Waals surface area contributed by atoms with E-state index in [4.69, 9.17) is 0 Å². The second kappa shape index (κ2) is 4.89. The van der Waals surface area contributed by atoms with E-state index in [1.165, 1.54) is 0 Å². The van der Waals surface area contributed by atoms with Crippen LogP contribution in [-0.4, -0.2) is 5.11 Å². The highest BCUT2D eigenvalue weighted by molar-refractivity contribution is 7.83. The lowest BCUT2D eigenvalue weighted by Crippen LogP contribution is -1.86. The van der Waals surface area contributed by atoms with E-state index in [0.717, 1.165) is 22.3 Å². The molecule has 0 unspecified atom stereocenters. The largest absolute Gasteiger partial charge is 0.508 e. The molecular formula is C13H14OS. The topological polar surface area (TPSA) is 20.2 Å². The van der Waals surface area contributed by atoms with Gasteiger partial charge in [-0.05, 0) is 52.8 Å². The van der Waals surface area contributed by atoms with Gasteiger partial charge in [0.25, 0.3) is 0 Å². The van der Waals surface area contributed by atoms with Gasteiger partial charge in [0.1, 0.15) is 5.75 Å². The Bertz CT molecular complexity index is 430. The molecule has 0 aliphatic carbocycles. The minimum Gasteiger partial charge on any atom is -0.508 e. The fourth-order valence-corrected chi connectivity index (χ4v) is 1.44. The summed E-state index contributed by atoms with van der Waals surface area (Å²) < 4.78 is 0. The number of allylic oxidation sites excluding steroid dienone is 2. The molecule has 0 heterocycles. The van der Waals surface area contributed by atoms with Crippen molar-refractivity contribution in [1.29, 1.82) is 0 Å². The zero-order valence-electron chi connectivity index (χ0n) is 8.70. The Morgan fingerprint density at radius 3 is 2.67 bits per heavy atom. The van der Waals surface area contributed by atoms with Crippen LogP contribution in [0.5, 0.6) is 5.75 Å². The predicted octanol–water partition coefficient (Wildman–Crippen LogP) is 3.80. The van der Waals surface area contributed by atoms with Crippen LogP contribution in [0.2, 0.25) is 0 Å². The molecule has 0 saturated heterocycles. The second-order valence-electron chi connectivity index (χ2n) is 3.25. The molecule has 1 aromatic carbocycles. The molecule has 0 aliphatic rings. The van der Waals surface area contributed by atoms with Crippen molar-refractivity contribution in [3.05, 3.63) is 53.5 Å². The lowest BCUT2D eigenvalue weighted by molar-refractivity contribution is 0.471. The standard InChI is InChI=1S/C13H14OS/c1-4-9(2)12-7-11(5-6-15)10(3)13(14)8-12/h4-8,14-15H,1-2H2,3H3/b6-5-. The number of benzene rings is 1. The Kier molecular flexibility index (Phi) is 3.81. The van der Waals surface area contributed by atoms with Crippen molar-refractivity contribution >= 4 is 24.3 Å². The quantitative estimate of drug-likeness (QED) is 0.584. The lowest BCUT2D eigenvalue weighted by Gasteiger charge is -2.08. The van der Waals surface area contributed by atoms with Crippen molar-refractivity contribution in [2.45, 2.75) is 6.92 Å². The molecule has 0 bridgehead atoms. The van der Waals surface area contributed by atoms with E-state index in [9.17, 15) is 5.11 Å². The molecule has 15 heavy (non-hydrogen) atoms. The number of hydrogen-bond donors (Lipinski definition) is 2. The van der Waals surface area contributed by atoms with E-state index in [1.54, 1.807) is 17.6 Å². The number of hydrogen-bond acceptors (Lipinski definition) is 2. The van der Waals surface area contributed by atoms with Gasteiger partial charge in [-0.3, -0.25) is 0 Å². The minimum atomic E-state index is 0.261. The number of aromatic hydroxyl groups is 1. The molecule has 1 rings (SSSR count). The summed E-state index contributed by atoms with van der Waals surface area (Å²) in [6, 6.07) is 3.64. The predicted molar refractivity (Wildman–Crippen MR) is 70.1 cm³/mol. The molecule has 0 fully saturated rings. The van der Waals surface area contributed by atoms with Gasteiger partial charge in [0.05, 0.1) is 0 Å². The summed E-state index contributed by atoms with van der Waals surface area (Å²) in [4.78, 5) is 0. The van der Waals surface area contributed by atoms with Gasteiger partial charge in [-0.1, -0.05) is 19.2 Å². The van der Waals surface area contributed by atoms with Gasteiger partial charge in [-0.2, -0.15) is 12.6 Å². The minimum absolute atomic E-state index is 0.261. The normalized spacial score (nSPS) is 10.5. The molecule has 2 heteroatoms. The van der Waals surface area contributed by atoms with Crippen LogP contribution in [-0.2, 0) is 0 Å². The third-order valence-electron chi connectivity index (χ3n) is 2.29. The first-order valence-corrected chi connectivity index (χ1v) is 5.08. The lowest BCUT2D eigenvalue weighted by atomic mass is 9.99. The highest BCUT2D eigenvalue weighted by Crippen LogP contribution is 2.27. The first-order chi connectivity index (χ1) is 7.10. The van der Waals surface area contributed by atoms with Crippen molar-refractivity contribution in [3.8, 4) is 5.75 Å². The van der Waals surface area contributed by atoms with Crippen molar-refractivity contribution in [2.24, 2.45) is 0 Å². The third kappa shape index (κ3) is 2.54. The first-order valence-electron chi connectivity index (χ1n) is 4.56. The summed E-state index contributed by atoms with van der Waals surface area (Å²) in [5.41, 5.74) is 3.43. The Labute approximate surface area is 95.9 Å². The van der Waals surface area contributed by atoms with Gasteiger partial charge in [0.2, 0.25) is 0 Å². The summed E-state index contributed by atoms with van der Waals surface area (Å²) in [6.07, 6.45) is 3.50. The van der Waals surface area contributed by atoms with Crippen LogP contribution in [0.15, 0.2) is 36.8 Å². The number of rotatable bonds is 3. The van der Waals surface area contributed by atoms with Gasteiger partial charge < -0.3 is 5.11 Å². The highest BCUT2D eigenvalue weighted by Gasteiger charge is 2.05. The number of phenolic OH excluding ortho intramolecular Hbond substituents is 1. The molecule has 1 aromatic rings. The Morgan fingerprint density at radius 2 is 2.13 bits per heavy atom. The molecule has 0 spiro atoms. The third-order valence-corrected chi connectivity index (χ3v) is 2.44. The molecule has 0 saturated carbocycles. The molecule has 1 N–H and O–H groups in total. The fourth-order valence-electron chi connectivity index (χ4n) is 1.28. The van der Waals surface area contributed by atoms with Crippen LogP contribution >= 0.6 is 12.6 Å². The maximum atomic E-state index is 9.72. The summed E-state index contributed by atoms with van der Waals surface area (Å²) in [5, 5.41) is 11.4. The van der Waals surface area contributed by atoms with Gasteiger partial charge in [-0.25, -0.2) is 0 Å². The van der Waals surface area contributed by atoms with E-state index in [1.807, 2.05) is 19.1 Å². The van der Waals surface area contributed by atoms with Gasteiger partial charge in [0.15, 0.2) is 0 Å². The summed E-state index contributed by atoms with van der Waals surface area (Å²) in [5.74, 6) is 0.261. The maximum absolute atomic E-state index is 9.72. The molecular weight excluding hydrogens is 204 g/mol. The van der Waals surface area contributed by atoms with Crippen molar-refractivity contribution in [3.63, 3.8) is 0 Å². The molecule has 0 radical (unpaired) electrons. The van der Waals surface area contributed by atoms with Crippen molar-refractivity contribution in [2.75, 3.05) is 0 Å². The van der Waals surface area contributed by atoms with E-state index in [2.05, 4.69) is 25.8 Å². The SMILES string of the molecule is C=CC(=C)c1cc(O)c(C)c(/C=C\S)c1. The fraction of sp³-hybridized carbons (Fsp3) is 0.0769. The summed E-state index contributed by atoms with van der Waals surface area (Å²) in [7, 11) is 0. The summed E-state index contributed by atoms with van der Waals surface area (Å²) >= 11 is 4.02. The van der Waals surface area contributed by atoms with E-state index >= 15 is 0 Å². The van der Waals surface area contributed by atoms with Crippen LogP contribution < -0.4 is 0 Å². The summed E-state index contributed by atoms with van der Waals surface area (Å²) in [6.45, 7) is 9.35. The van der Waals surface area contributed by atoms with Crippen LogP contribution in [0, 0.1) is 6.92 Å². The smallest absolute Gasteiger partial charge is 0.119 e. The molecule has 0 aromatic heterocycles. The van der Waals surface area contributed by atoms with Crippen molar-refractivity contribution in [1.82, 2.24) is 0 Å². The van der Waals surface area contributed by atoms with Crippen LogP contribution in [0.25, 0.3) is 11.6 Å². The van der Waals surface area contributed by atoms with Crippen LogP contribution in [0.4, 0.5) is 0 Å². The average Bonchev–Trinajstić information content (AvgIpc) is 2.23. The maximum Gasteiger partial charge on any atom is 0.119 e. The van der Waals surface area contributed by atoms with Crippen LogP contribution in [0.1, 0.15) is 16.7 Å². The average molecular weight is 218 g/mol. The first kappa shape index (κ1) is 11.7. The van der Waals surface area contributed by atoms with Gasteiger partial charge in [0, 0.05) is 0 Å². The van der Waals surface area contributed by atoms with E-state index < -0.39 is 0 Å².